The van der Waals surface area contributed by atoms with Gasteiger partial charge in [-0.25, -0.2) is 0 Å². The summed E-state index contributed by atoms with van der Waals surface area (Å²) in [5.41, 5.74) is 4.63. The van der Waals surface area contributed by atoms with E-state index in [2.05, 4.69) is 46.2 Å². The summed E-state index contributed by atoms with van der Waals surface area (Å²) in [5, 5.41) is 4.25. The number of hydrogen-bond donors (Lipinski definition) is 2. The van der Waals surface area contributed by atoms with Gasteiger partial charge in [0.05, 0.1) is 17.8 Å². The number of H-pyrrole nitrogens is 1. The Kier molecular flexibility index (Phi) is 5.16. The van der Waals surface area contributed by atoms with E-state index < -0.39 is 0 Å². The van der Waals surface area contributed by atoms with Gasteiger partial charge >= 0.3 is 0 Å². The van der Waals surface area contributed by atoms with Gasteiger partial charge in [-0.3, -0.25) is 4.98 Å². The SMILES string of the molecule is COCCCN1C(=S)NC(c2ccccn2)C1c1cc(C)[nH]c1C. The molecule has 1 aliphatic heterocycles. The molecular formula is C18H24N4OS. The highest BCUT2D eigenvalue weighted by Gasteiger charge is 2.40. The molecule has 24 heavy (non-hydrogen) atoms. The number of methoxy groups -OCH3 is 1. The third kappa shape index (κ3) is 3.30. The van der Waals surface area contributed by atoms with Gasteiger partial charge in [-0.1, -0.05) is 6.07 Å². The smallest absolute Gasteiger partial charge is 0.170 e. The van der Waals surface area contributed by atoms with Gasteiger partial charge in [0.1, 0.15) is 0 Å². The molecule has 0 radical (unpaired) electrons. The number of aromatic nitrogens is 2. The van der Waals surface area contributed by atoms with Gasteiger partial charge in [-0.2, -0.15) is 0 Å². The fourth-order valence-electron chi connectivity index (χ4n) is 3.42. The van der Waals surface area contributed by atoms with Gasteiger partial charge in [0.25, 0.3) is 0 Å². The number of ether oxygens (including phenoxy) is 1. The molecule has 0 saturated carbocycles. The summed E-state index contributed by atoms with van der Waals surface area (Å²) in [6.45, 7) is 5.79. The van der Waals surface area contributed by atoms with E-state index in [0.717, 1.165) is 36.1 Å². The molecule has 5 nitrogen and oxygen atoms in total. The average Bonchev–Trinajstić information content (AvgIpc) is 3.07. The maximum absolute atomic E-state index is 5.63. The van der Waals surface area contributed by atoms with Crippen LogP contribution >= 0.6 is 12.2 Å². The van der Waals surface area contributed by atoms with Crippen LogP contribution in [0.15, 0.2) is 30.5 Å². The highest BCUT2D eigenvalue weighted by atomic mass is 32.1. The number of aryl methyl sites for hydroxylation is 2. The number of aromatic amines is 1. The summed E-state index contributed by atoms with van der Waals surface area (Å²) in [4.78, 5) is 10.2. The Morgan fingerprint density at radius 3 is 2.79 bits per heavy atom. The molecule has 1 aliphatic rings. The molecule has 2 aromatic rings. The molecular weight excluding hydrogens is 320 g/mol. The van der Waals surface area contributed by atoms with Crippen LogP contribution in [0.1, 0.15) is 41.1 Å². The standard InChI is InChI=1S/C18H24N4OS/c1-12-11-14(13(2)20-12)17-16(15-7-4-5-8-19-15)21-18(24)22(17)9-6-10-23-3/h4-5,7-8,11,16-17,20H,6,9-10H2,1-3H3,(H,21,24). The Balaban J connectivity index is 1.96. The van der Waals surface area contributed by atoms with E-state index in [9.17, 15) is 0 Å². The van der Waals surface area contributed by atoms with E-state index >= 15 is 0 Å². The van der Waals surface area contributed by atoms with E-state index in [1.54, 1.807) is 7.11 Å². The summed E-state index contributed by atoms with van der Waals surface area (Å²) in [6.07, 6.45) is 2.77. The molecule has 3 heterocycles. The van der Waals surface area contributed by atoms with Gasteiger partial charge in [0.15, 0.2) is 5.11 Å². The monoisotopic (exact) mass is 344 g/mol. The van der Waals surface area contributed by atoms with Crippen molar-refractivity contribution in [2.24, 2.45) is 0 Å². The van der Waals surface area contributed by atoms with Gasteiger partial charge in [-0.05, 0) is 56.2 Å². The second-order valence-electron chi connectivity index (χ2n) is 6.20. The van der Waals surface area contributed by atoms with E-state index in [1.165, 1.54) is 11.3 Å². The van der Waals surface area contributed by atoms with Gasteiger partial charge in [-0.15, -0.1) is 0 Å². The first-order chi connectivity index (χ1) is 11.6. The van der Waals surface area contributed by atoms with Crippen LogP contribution < -0.4 is 5.32 Å². The van der Waals surface area contributed by atoms with Gasteiger partial charge in [0.2, 0.25) is 0 Å². The normalized spacial score (nSPS) is 20.5. The fraction of sp³-hybridized carbons (Fsp3) is 0.444. The maximum Gasteiger partial charge on any atom is 0.170 e. The highest BCUT2D eigenvalue weighted by Crippen LogP contribution is 2.40. The molecule has 0 aliphatic carbocycles. The Hall–Kier alpha value is -1.92. The minimum atomic E-state index is 0.0511. The topological polar surface area (TPSA) is 53.2 Å². The summed E-state index contributed by atoms with van der Waals surface area (Å²) in [6, 6.07) is 8.42. The zero-order valence-corrected chi connectivity index (χ0v) is 15.2. The minimum absolute atomic E-state index is 0.0511. The first-order valence-electron chi connectivity index (χ1n) is 8.25. The van der Waals surface area contributed by atoms with Crippen molar-refractivity contribution in [2.75, 3.05) is 20.3 Å². The summed E-state index contributed by atoms with van der Waals surface area (Å²) in [7, 11) is 1.73. The van der Waals surface area contributed by atoms with Crippen molar-refractivity contribution < 1.29 is 4.74 Å². The lowest BCUT2D eigenvalue weighted by molar-refractivity contribution is 0.180. The second-order valence-corrected chi connectivity index (χ2v) is 6.59. The van der Waals surface area contributed by atoms with Crippen molar-refractivity contribution in [2.45, 2.75) is 32.4 Å². The predicted molar refractivity (Wildman–Crippen MR) is 98.9 cm³/mol. The van der Waals surface area contributed by atoms with Crippen LogP contribution in [-0.2, 0) is 4.74 Å². The third-order valence-electron chi connectivity index (χ3n) is 4.45. The van der Waals surface area contributed by atoms with Crippen molar-refractivity contribution in [3.8, 4) is 0 Å². The van der Waals surface area contributed by atoms with E-state index in [-0.39, 0.29) is 12.1 Å². The van der Waals surface area contributed by atoms with Crippen LogP contribution in [-0.4, -0.2) is 40.2 Å². The molecule has 3 rings (SSSR count). The average molecular weight is 344 g/mol. The molecule has 1 fully saturated rings. The molecule has 128 valence electrons. The van der Waals surface area contributed by atoms with Crippen LogP contribution in [0.4, 0.5) is 0 Å². The van der Waals surface area contributed by atoms with Crippen molar-refractivity contribution in [3.05, 3.63) is 53.1 Å². The van der Waals surface area contributed by atoms with Crippen molar-refractivity contribution in [1.82, 2.24) is 20.2 Å². The summed E-state index contributed by atoms with van der Waals surface area (Å²) < 4.78 is 5.21. The quantitative estimate of drug-likeness (QED) is 0.623. The van der Waals surface area contributed by atoms with Crippen molar-refractivity contribution in [3.63, 3.8) is 0 Å². The second kappa shape index (κ2) is 7.32. The molecule has 2 unspecified atom stereocenters. The van der Waals surface area contributed by atoms with Crippen LogP contribution in [0, 0.1) is 13.8 Å². The Labute approximate surface area is 148 Å². The predicted octanol–water partition coefficient (Wildman–Crippen LogP) is 3.04. The zero-order chi connectivity index (χ0) is 17.1. The Morgan fingerprint density at radius 1 is 1.33 bits per heavy atom. The number of nitrogens with zero attached hydrogens (tertiary/aromatic N) is 2. The summed E-state index contributed by atoms with van der Waals surface area (Å²) >= 11 is 5.63. The molecule has 2 N–H and O–H groups in total. The fourth-order valence-corrected chi connectivity index (χ4v) is 3.75. The largest absolute Gasteiger partial charge is 0.385 e. The first-order valence-corrected chi connectivity index (χ1v) is 8.65. The van der Waals surface area contributed by atoms with Crippen LogP contribution in [0.25, 0.3) is 0 Å². The van der Waals surface area contributed by atoms with Crippen LogP contribution in [0.3, 0.4) is 0 Å². The lowest BCUT2D eigenvalue weighted by Gasteiger charge is -2.27. The van der Waals surface area contributed by atoms with E-state index in [0.29, 0.717) is 0 Å². The van der Waals surface area contributed by atoms with Crippen molar-refractivity contribution >= 4 is 17.3 Å². The van der Waals surface area contributed by atoms with Gasteiger partial charge in [0, 0.05) is 37.8 Å². The van der Waals surface area contributed by atoms with Crippen LogP contribution in [0.2, 0.25) is 0 Å². The number of hydrogen-bond acceptors (Lipinski definition) is 3. The third-order valence-corrected chi connectivity index (χ3v) is 4.81. The lowest BCUT2D eigenvalue weighted by atomic mass is 9.97. The van der Waals surface area contributed by atoms with E-state index in [1.807, 2.05) is 18.3 Å². The van der Waals surface area contributed by atoms with E-state index in [4.69, 9.17) is 17.0 Å². The number of rotatable bonds is 6. The molecule has 2 aromatic heterocycles. The number of nitrogens with one attached hydrogen (secondary N) is 2. The molecule has 0 spiro atoms. The van der Waals surface area contributed by atoms with Gasteiger partial charge < -0.3 is 19.9 Å². The molecule has 0 amide bonds. The first kappa shape index (κ1) is 16.9. The summed E-state index contributed by atoms with van der Waals surface area (Å²) in [5.74, 6) is 0. The molecule has 0 aromatic carbocycles. The maximum atomic E-state index is 5.63. The minimum Gasteiger partial charge on any atom is -0.385 e. The molecule has 0 bridgehead atoms. The Bertz CT molecular complexity index is 700. The van der Waals surface area contributed by atoms with Crippen LogP contribution in [0.5, 0.6) is 0 Å². The van der Waals surface area contributed by atoms with Crippen molar-refractivity contribution in [1.29, 1.82) is 0 Å². The molecule has 2 atom stereocenters. The Morgan fingerprint density at radius 2 is 2.17 bits per heavy atom. The zero-order valence-electron chi connectivity index (χ0n) is 14.4. The lowest BCUT2D eigenvalue weighted by Crippen LogP contribution is -2.31. The molecule has 1 saturated heterocycles. The highest BCUT2D eigenvalue weighted by molar-refractivity contribution is 7.80. The number of pyridine rings is 1. The molecule has 6 heteroatoms. The number of thiocarbonyl (C=S) groups is 1.